The third-order valence-corrected chi connectivity index (χ3v) is 5.24. The number of hydrogen-bond acceptors (Lipinski definition) is 3. The zero-order valence-electron chi connectivity index (χ0n) is 18.9. The molecule has 0 saturated carbocycles. The third kappa shape index (κ3) is 5.46. The molecule has 2 N–H and O–H groups in total. The topological polar surface area (TPSA) is 76.0 Å². The standard InChI is InChI=1S/C24H28ClFN4O2/c1-14(2)27-23(32)21(24(3,4)5)28-22(31)20-18-12-16(25)8-11-19(18)30(29-20)13-15-6-9-17(26)10-7-15/h6-12,14,21H,13H2,1-5H3,(H,27,32)(H,28,31). The molecule has 0 fully saturated rings. The van der Waals surface area contributed by atoms with E-state index in [1.807, 2.05) is 34.6 Å². The number of halogens is 2. The van der Waals surface area contributed by atoms with Crippen LogP contribution in [0.25, 0.3) is 10.9 Å². The molecule has 0 aliphatic rings. The second-order valence-corrected chi connectivity index (χ2v) is 9.67. The molecule has 0 aliphatic heterocycles. The molecule has 1 atom stereocenters. The normalized spacial score (nSPS) is 12.8. The fraction of sp³-hybridized carbons (Fsp3) is 0.375. The molecule has 0 spiro atoms. The number of hydrogen-bond donors (Lipinski definition) is 2. The summed E-state index contributed by atoms with van der Waals surface area (Å²) in [7, 11) is 0. The maximum Gasteiger partial charge on any atom is 0.273 e. The second kappa shape index (κ2) is 9.28. The van der Waals surface area contributed by atoms with Crippen LogP contribution >= 0.6 is 11.6 Å². The van der Waals surface area contributed by atoms with Crippen LogP contribution in [0.2, 0.25) is 5.02 Å². The molecule has 6 nitrogen and oxygen atoms in total. The van der Waals surface area contributed by atoms with Crippen molar-refractivity contribution in [2.75, 3.05) is 0 Å². The van der Waals surface area contributed by atoms with Crippen molar-refractivity contribution in [3.63, 3.8) is 0 Å². The van der Waals surface area contributed by atoms with Gasteiger partial charge in [0.1, 0.15) is 11.9 Å². The van der Waals surface area contributed by atoms with E-state index in [-0.39, 0.29) is 23.5 Å². The van der Waals surface area contributed by atoms with Gasteiger partial charge >= 0.3 is 0 Å². The number of amides is 2. The smallest absolute Gasteiger partial charge is 0.273 e. The molecular formula is C24H28ClFN4O2. The van der Waals surface area contributed by atoms with Crippen LogP contribution in [0.1, 0.15) is 50.7 Å². The fourth-order valence-corrected chi connectivity index (χ4v) is 3.62. The lowest BCUT2D eigenvalue weighted by molar-refractivity contribution is -0.125. The summed E-state index contributed by atoms with van der Waals surface area (Å²) in [6, 6.07) is 10.5. The third-order valence-electron chi connectivity index (χ3n) is 5.01. The Hall–Kier alpha value is -2.93. The van der Waals surface area contributed by atoms with E-state index in [9.17, 15) is 14.0 Å². The Labute approximate surface area is 192 Å². The number of rotatable bonds is 6. The van der Waals surface area contributed by atoms with Gasteiger partial charge in [0.15, 0.2) is 5.69 Å². The number of aromatic nitrogens is 2. The predicted octanol–water partition coefficient (Wildman–Crippen LogP) is 4.55. The van der Waals surface area contributed by atoms with Crippen LogP contribution in [0.5, 0.6) is 0 Å². The molecule has 170 valence electrons. The molecule has 1 unspecified atom stereocenters. The van der Waals surface area contributed by atoms with Crippen molar-refractivity contribution >= 4 is 34.3 Å². The molecule has 3 rings (SSSR count). The summed E-state index contributed by atoms with van der Waals surface area (Å²) in [6.45, 7) is 9.75. The lowest BCUT2D eigenvalue weighted by atomic mass is 9.86. The van der Waals surface area contributed by atoms with E-state index in [0.29, 0.717) is 22.5 Å². The highest BCUT2D eigenvalue weighted by molar-refractivity contribution is 6.31. The van der Waals surface area contributed by atoms with Gasteiger partial charge in [-0.05, 0) is 55.2 Å². The summed E-state index contributed by atoms with van der Waals surface area (Å²) in [5.74, 6) is -1.04. The van der Waals surface area contributed by atoms with Crippen LogP contribution in [0, 0.1) is 11.2 Å². The minimum atomic E-state index is -0.756. The Morgan fingerprint density at radius 3 is 2.34 bits per heavy atom. The van der Waals surface area contributed by atoms with Gasteiger partial charge in [-0.1, -0.05) is 44.5 Å². The molecule has 1 heterocycles. The summed E-state index contributed by atoms with van der Waals surface area (Å²) in [4.78, 5) is 26.0. The molecule has 0 bridgehead atoms. The number of nitrogens with one attached hydrogen (secondary N) is 2. The van der Waals surface area contributed by atoms with E-state index in [4.69, 9.17) is 11.6 Å². The quantitative estimate of drug-likeness (QED) is 0.569. The van der Waals surface area contributed by atoms with Crippen LogP contribution in [-0.4, -0.2) is 33.7 Å². The first-order chi connectivity index (χ1) is 15.0. The highest BCUT2D eigenvalue weighted by Gasteiger charge is 2.34. The fourth-order valence-electron chi connectivity index (χ4n) is 3.45. The summed E-state index contributed by atoms with van der Waals surface area (Å²) in [5, 5.41) is 11.3. The van der Waals surface area contributed by atoms with Crippen LogP contribution in [-0.2, 0) is 11.3 Å². The highest BCUT2D eigenvalue weighted by atomic mass is 35.5. The maximum atomic E-state index is 13.3. The molecule has 1 aromatic heterocycles. The molecule has 0 aliphatic carbocycles. The first-order valence-electron chi connectivity index (χ1n) is 10.5. The number of nitrogens with zero attached hydrogens (tertiary/aromatic N) is 2. The number of carbonyl (C=O) groups excluding carboxylic acids is 2. The molecule has 2 amide bonds. The van der Waals surface area contributed by atoms with Gasteiger partial charge < -0.3 is 10.6 Å². The summed E-state index contributed by atoms with van der Waals surface area (Å²) in [5.41, 5.74) is 1.21. The summed E-state index contributed by atoms with van der Waals surface area (Å²) < 4.78 is 14.9. The lowest BCUT2D eigenvalue weighted by Gasteiger charge is -2.30. The van der Waals surface area contributed by atoms with Crippen LogP contribution in [0.3, 0.4) is 0 Å². The number of fused-ring (bicyclic) bond motifs is 1. The van der Waals surface area contributed by atoms with Gasteiger partial charge in [-0.25, -0.2) is 4.39 Å². The average Bonchev–Trinajstić information content (AvgIpc) is 3.03. The largest absolute Gasteiger partial charge is 0.352 e. The summed E-state index contributed by atoms with van der Waals surface area (Å²) >= 11 is 6.19. The van der Waals surface area contributed by atoms with Crippen molar-refractivity contribution in [2.45, 2.75) is 53.2 Å². The Bertz CT molecular complexity index is 1130. The van der Waals surface area contributed by atoms with Crippen molar-refractivity contribution in [2.24, 2.45) is 5.41 Å². The molecule has 0 radical (unpaired) electrons. The molecule has 2 aromatic carbocycles. The molecule has 3 aromatic rings. The van der Waals surface area contributed by atoms with Crippen LogP contribution in [0.4, 0.5) is 4.39 Å². The van der Waals surface area contributed by atoms with Gasteiger partial charge in [0, 0.05) is 16.5 Å². The Morgan fingerprint density at radius 2 is 1.75 bits per heavy atom. The molecule has 32 heavy (non-hydrogen) atoms. The Kier molecular flexibility index (Phi) is 6.88. The number of carbonyl (C=O) groups is 2. The zero-order chi connectivity index (χ0) is 23.6. The van der Waals surface area contributed by atoms with Crippen molar-refractivity contribution in [1.82, 2.24) is 20.4 Å². The summed E-state index contributed by atoms with van der Waals surface area (Å²) in [6.07, 6.45) is 0. The van der Waals surface area contributed by atoms with Crippen molar-refractivity contribution in [3.05, 3.63) is 64.6 Å². The maximum absolute atomic E-state index is 13.3. The van der Waals surface area contributed by atoms with E-state index in [1.165, 1.54) is 12.1 Å². The van der Waals surface area contributed by atoms with Gasteiger partial charge in [-0.15, -0.1) is 0 Å². The molecule has 8 heteroatoms. The van der Waals surface area contributed by atoms with E-state index in [2.05, 4.69) is 15.7 Å². The van der Waals surface area contributed by atoms with Crippen LogP contribution < -0.4 is 10.6 Å². The number of benzene rings is 2. The minimum Gasteiger partial charge on any atom is -0.352 e. The zero-order valence-corrected chi connectivity index (χ0v) is 19.6. The van der Waals surface area contributed by atoms with Gasteiger partial charge in [0.2, 0.25) is 5.91 Å². The first kappa shape index (κ1) is 23.7. The monoisotopic (exact) mass is 458 g/mol. The SMILES string of the molecule is CC(C)NC(=O)C(NC(=O)c1nn(Cc2ccc(F)cc2)c2ccc(Cl)cc12)C(C)(C)C. The highest BCUT2D eigenvalue weighted by Crippen LogP contribution is 2.25. The van der Waals surface area contributed by atoms with Gasteiger partial charge in [-0.3, -0.25) is 14.3 Å². The molecular weight excluding hydrogens is 431 g/mol. The first-order valence-corrected chi connectivity index (χ1v) is 10.8. The van der Waals surface area contributed by atoms with Gasteiger partial charge in [0.25, 0.3) is 5.91 Å². The van der Waals surface area contributed by atoms with Crippen molar-refractivity contribution < 1.29 is 14.0 Å². The van der Waals surface area contributed by atoms with E-state index in [0.717, 1.165) is 5.56 Å². The Balaban J connectivity index is 1.97. The second-order valence-electron chi connectivity index (χ2n) is 9.23. The van der Waals surface area contributed by atoms with Gasteiger partial charge in [-0.2, -0.15) is 5.10 Å². The van der Waals surface area contributed by atoms with Crippen molar-refractivity contribution in [1.29, 1.82) is 0 Å². The van der Waals surface area contributed by atoms with E-state index >= 15 is 0 Å². The van der Waals surface area contributed by atoms with E-state index in [1.54, 1.807) is 35.0 Å². The van der Waals surface area contributed by atoms with Gasteiger partial charge in [0.05, 0.1) is 12.1 Å². The Morgan fingerprint density at radius 1 is 1.09 bits per heavy atom. The minimum absolute atomic E-state index is 0.0567. The van der Waals surface area contributed by atoms with Crippen LogP contribution in [0.15, 0.2) is 42.5 Å². The lowest BCUT2D eigenvalue weighted by Crippen LogP contribution is -2.54. The average molecular weight is 459 g/mol. The van der Waals surface area contributed by atoms with E-state index < -0.39 is 17.4 Å². The predicted molar refractivity (Wildman–Crippen MR) is 124 cm³/mol. The molecule has 0 saturated heterocycles. The van der Waals surface area contributed by atoms with Crippen molar-refractivity contribution in [3.8, 4) is 0 Å².